The van der Waals surface area contributed by atoms with Crippen LogP contribution in [0.1, 0.15) is 37.3 Å². The molecule has 35 heavy (non-hydrogen) atoms. The first kappa shape index (κ1) is 24.4. The van der Waals surface area contributed by atoms with Gasteiger partial charge in [0.05, 0.1) is 17.0 Å². The first-order chi connectivity index (χ1) is 16.7. The number of rotatable bonds is 8. The standard InChI is InChI=1S/C22H25FN6O6/c1-12(20-24-26-27-25-20)28(14-7-5-13(23)6-8-14)18-16-11-15(29(31)32)9-10-17(16)35-22(2,19(18)30)21(33-3)34-4/h5-12,18-19,21,30H,1-4H3,(H,24,25,26,27)/t12?,18-,19+,22+/m1/s1. The average molecular weight is 488 g/mol. The molecule has 0 bridgehead atoms. The minimum absolute atomic E-state index is 0.184. The second kappa shape index (κ2) is 9.52. The van der Waals surface area contributed by atoms with Crippen molar-refractivity contribution in [2.75, 3.05) is 19.1 Å². The Morgan fingerprint density at radius 3 is 2.51 bits per heavy atom. The fraction of sp³-hybridized carbons (Fsp3) is 0.409. The number of tetrazole rings is 1. The molecule has 4 atom stereocenters. The summed E-state index contributed by atoms with van der Waals surface area (Å²) >= 11 is 0. The highest BCUT2D eigenvalue weighted by Gasteiger charge is 2.55. The van der Waals surface area contributed by atoms with Crippen LogP contribution in [0.15, 0.2) is 42.5 Å². The smallest absolute Gasteiger partial charge is 0.270 e. The van der Waals surface area contributed by atoms with E-state index in [1.165, 1.54) is 56.7 Å². The Morgan fingerprint density at radius 2 is 1.94 bits per heavy atom. The highest BCUT2D eigenvalue weighted by atomic mass is 19.1. The third-order valence-corrected chi connectivity index (χ3v) is 6.23. The van der Waals surface area contributed by atoms with E-state index in [2.05, 4.69) is 20.6 Å². The number of ether oxygens (including phenoxy) is 3. The minimum atomic E-state index is -1.44. The Bertz CT molecular complexity index is 1180. The summed E-state index contributed by atoms with van der Waals surface area (Å²) in [5.41, 5.74) is -0.767. The molecule has 0 radical (unpaired) electrons. The molecule has 1 aliphatic heterocycles. The summed E-state index contributed by atoms with van der Waals surface area (Å²) < 4.78 is 30.9. The molecule has 13 heteroatoms. The van der Waals surface area contributed by atoms with Gasteiger partial charge in [0.2, 0.25) is 0 Å². The third kappa shape index (κ3) is 4.29. The van der Waals surface area contributed by atoms with Crippen LogP contribution in [0.2, 0.25) is 0 Å². The monoisotopic (exact) mass is 488 g/mol. The summed E-state index contributed by atoms with van der Waals surface area (Å²) in [4.78, 5) is 12.8. The fourth-order valence-corrected chi connectivity index (χ4v) is 4.52. The summed E-state index contributed by atoms with van der Waals surface area (Å²) in [5.74, 6) is 0.203. The second-order valence-electron chi connectivity index (χ2n) is 8.30. The number of benzene rings is 2. The van der Waals surface area contributed by atoms with Gasteiger partial charge in [0.15, 0.2) is 17.7 Å². The Labute approximate surface area is 199 Å². The number of aliphatic hydroxyl groups excluding tert-OH is 1. The molecule has 0 saturated carbocycles. The normalized spacial score (nSPS) is 22.4. The van der Waals surface area contributed by atoms with Gasteiger partial charge in [0, 0.05) is 37.6 Å². The van der Waals surface area contributed by atoms with Gasteiger partial charge in [-0.25, -0.2) is 9.49 Å². The molecule has 0 amide bonds. The maximum Gasteiger partial charge on any atom is 0.270 e. The molecule has 0 spiro atoms. The van der Waals surface area contributed by atoms with Crippen molar-refractivity contribution in [3.05, 3.63) is 69.8 Å². The predicted octanol–water partition coefficient (Wildman–Crippen LogP) is 2.69. The van der Waals surface area contributed by atoms with E-state index in [9.17, 15) is 19.6 Å². The van der Waals surface area contributed by atoms with Crippen molar-refractivity contribution >= 4 is 11.4 Å². The lowest BCUT2D eigenvalue weighted by atomic mass is 9.82. The zero-order chi connectivity index (χ0) is 25.3. The SMILES string of the molecule is COC(OC)[C@@]1(C)Oc2ccc([N+](=O)[O-])cc2[C@@H](N(c2ccc(F)cc2)C(C)c2nnn[nH]2)[C@@H]1O. The molecule has 2 heterocycles. The number of hydrogen-bond donors (Lipinski definition) is 2. The van der Waals surface area contributed by atoms with Gasteiger partial charge in [0.25, 0.3) is 5.69 Å². The van der Waals surface area contributed by atoms with Gasteiger partial charge >= 0.3 is 0 Å². The van der Waals surface area contributed by atoms with Crippen LogP contribution in [0.4, 0.5) is 15.8 Å². The van der Waals surface area contributed by atoms with Gasteiger partial charge in [-0.05, 0) is 54.6 Å². The minimum Gasteiger partial charge on any atom is -0.479 e. The van der Waals surface area contributed by atoms with Crippen LogP contribution < -0.4 is 9.64 Å². The van der Waals surface area contributed by atoms with E-state index in [0.29, 0.717) is 22.8 Å². The van der Waals surface area contributed by atoms with Crippen molar-refractivity contribution in [3.63, 3.8) is 0 Å². The highest BCUT2D eigenvalue weighted by molar-refractivity contribution is 5.56. The largest absolute Gasteiger partial charge is 0.479 e. The molecular formula is C22H25FN6O6. The number of aromatic amines is 1. The summed E-state index contributed by atoms with van der Waals surface area (Å²) in [6.45, 7) is 3.41. The number of aromatic nitrogens is 4. The van der Waals surface area contributed by atoms with Crippen molar-refractivity contribution in [2.45, 2.75) is 43.9 Å². The number of nitro benzene ring substituents is 1. The predicted molar refractivity (Wildman–Crippen MR) is 120 cm³/mol. The van der Waals surface area contributed by atoms with Gasteiger partial charge < -0.3 is 24.2 Å². The van der Waals surface area contributed by atoms with Crippen LogP contribution in [0.25, 0.3) is 0 Å². The second-order valence-corrected chi connectivity index (χ2v) is 8.30. The number of hydrogen-bond acceptors (Lipinski definition) is 10. The van der Waals surface area contributed by atoms with Crippen LogP contribution in [0.3, 0.4) is 0 Å². The topological polar surface area (TPSA) is 149 Å². The van der Waals surface area contributed by atoms with Crippen LogP contribution in [0, 0.1) is 15.9 Å². The lowest BCUT2D eigenvalue weighted by Gasteiger charge is -2.51. The summed E-state index contributed by atoms with van der Waals surface area (Å²) in [7, 11) is 2.83. The molecular weight excluding hydrogens is 463 g/mol. The van der Waals surface area contributed by atoms with Crippen molar-refractivity contribution in [2.24, 2.45) is 0 Å². The molecule has 1 aliphatic rings. The molecule has 0 saturated heterocycles. The zero-order valence-corrected chi connectivity index (χ0v) is 19.5. The molecule has 0 fully saturated rings. The molecule has 186 valence electrons. The van der Waals surface area contributed by atoms with Gasteiger partial charge in [-0.3, -0.25) is 10.1 Å². The van der Waals surface area contributed by atoms with E-state index >= 15 is 0 Å². The number of aliphatic hydroxyl groups is 1. The van der Waals surface area contributed by atoms with E-state index in [4.69, 9.17) is 14.2 Å². The van der Waals surface area contributed by atoms with Crippen molar-refractivity contribution in [1.82, 2.24) is 20.6 Å². The third-order valence-electron chi connectivity index (χ3n) is 6.23. The molecule has 1 unspecified atom stereocenters. The van der Waals surface area contributed by atoms with E-state index in [1.807, 2.05) is 0 Å². The zero-order valence-electron chi connectivity index (χ0n) is 19.5. The van der Waals surface area contributed by atoms with Crippen LogP contribution >= 0.6 is 0 Å². The molecule has 2 N–H and O–H groups in total. The first-order valence-corrected chi connectivity index (χ1v) is 10.7. The van der Waals surface area contributed by atoms with Crippen LogP contribution in [-0.4, -0.2) is 62.9 Å². The number of nitrogens with one attached hydrogen (secondary N) is 1. The molecule has 4 rings (SSSR count). The molecule has 12 nitrogen and oxygen atoms in total. The quantitative estimate of drug-likeness (QED) is 0.275. The Morgan fingerprint density at radius 1 is 1.26 bits per heavy atom. The Balaban J connectivity index is 1.96. The number of nitrogens with zero attached hydrogens (tertiary/aromatic N) is 5. The first-order valence-electron chi connectivity index (χ1n) is 10.7. The van der Waals surface area contributed by atoms with Crippen LogP contribution in [0.5, 0.6) is 5.75 Å². The van der Waals surface area contributed by atoms with E-state index in [1.54, 1.807) is 18.7 Å². The van der Waals surface area contributed by atoms with Crippen molar-refractivity contribution in [3.8, 4) is 5.75 Å². The Kier molecular flexibility index (Phi) is 6.65. The Hall–Kier alpha value is -3.68. The molecule has 0 aliphatic carbocycles. The number of fused-ring (bicyclic) bond motifs is 1. The molecule has 1 aromatic heterocycles. The number of H-pyrrole nitrogens is 1. The van der Waals surface area contributed by atoms with Gasteiger partial charge in [0.1, 0.15) is 17.7 Å². The van der Waals surface area contributed by atoms with E-state index in [-0.39, 0.29) is 5.69 Å². The molecule has 3 aromatic rings. The number of methoxy groups -OCH3 is 2. The van der Waals surface area contributed by atoms with Crippen molar-refractivity contribution in [1.29, 1.82) is 0 Å². The maximum atomic E-state index is 13.8. The van der Waals surface area contributed by atoms with E-state index in [0.717, 1.165) is 0 Å². The number of halogens is 1. The van der Waals surface area contributed by atoms with Crippen molar-refractivity contribution < 1.29 is 28.6 Å². The molecule has 2 aromatic carbocycles. The number of anilines is 1. The van der Waals surface area contributed by atoms with E-state index < -0.39 is 40.8 Å². The lowest BCUT2D eigenvalue weighted by molar-refractivity contribution is -0.385. The lowest BCUT2D eigenvalue weighted by Crippen LogP contribution is -2.62. The average Bonchev–Trinajstić information content (AvgIpc) is 3.38. The van der Waals surface area contributed by atoms with Gasteiger partial charge in [-0.2, -0.15) is 0 Å². The van der Waals surface area contributed by atoms with Crippen LogP contribution in [-0.2, 0) is 9.47 Å². The highest BCUT2D eigenvalue weighted by Crippen LogP contribution is 2.49. The summed E-state index contributed by atoms with van der Waals surface area (Å²) in [6, 6.07) is 8.23. The summed E-state index contributed by atoms with van der Waals surface area (Å²) in [6.07, 6.45) is -2.34. The number of non-ortho nitro benzene ring substituents is 1. The summed E-state index contributed by atoms with van der Waals surface area (Å²) in [5, 5.41) is 37.4. The maximum absolute atomic E-state index is 13.8. The van der Waals surface area contributed by atoms with Gasteiger partial charge in [-0.15, -0.1) is 5.10 Å². The van der Waals surface area contributed by atoms with Gasteiger partial charge in [-0.1, -0.05) is 0 Å². The fourth-order valence-electron chi connectivity index (χ4n) is 4.52. The number of nitro groups is 1.